The van der Waals surface area contributed by atoms with E-state index in [4.69, 9.17) is 0 Å². The Morgan fingerprint density at radius 1 is 1.00 bits per heavy atom. The molecule has 0 radical (unpaired) electrons. The number of amides is 1. The molecule has 0 saturated heterocycles. The molecule has 0 aliphatic rings. The molecule has 3 aromatic rings. The van der Waals surface area contributed by atoms with Gasteiger partial charge in [0.2, 0.25) is 5.91 Å². The predicted molar refractivity (Wildman–Crippen MR) is 108 cm³/mol. The van der Waals surface area contributed by atoms with Crippen LogP contribution in [0, 0.1) is 6.92 Å². The number of carbonyl (C=O) groups excluding carboxylic acids is 1. The Balaban J connectivity index is 1.54. The number of rotatable bonds is 7. The Hall–Kier alpha value is -2.92. The number of hydrogen-bond acceptors (Lipinski definition) is 3. The summed E-state index contributed by atoms with van der Waals surface area (Å²) in [6, 6.07) is 18.2. The van der Waals surface area contributed by atoms with Crippen molar-refractivity contribution in [3.8, 4) is 5.69 Å². The summed E-state index contributed by atoms with van der Waals surface area (Å²) in [4.78, 5) is 16.4. The van der Waals surface area contributed by atoms with Gasteiger partial charge in [-0.15, -0.1) is 0 Å². The summed E-state index contributed by atoms with van der Waals surface area (Å²) in [7, 11) is 3.81. The monoisotopic (exact) mass is 362 g/mol. The lowest BCUT2D eigenvalue weighted by Gasteiger charge is -2.22. The number of nitrogens with zero attached hydrogens (tertiary/aromatic N) is 4. The molecule has 0 spiro atoms. The molecule has 27 heavy (non-hydrogen) atoms. The molecule has 0 saturated carbocycles. The van der Waals surface area contributed by atoms with Crippen molar-refractivity contribution in [1.29, 1.82) is 0 Å². The first kappa shape index (κ1) is 18.9. The molecule has 3 rings (SSSR count). The number of hydrogen-bond donors (Lipinski definition) is 0. The third-order valence-electron chi connectivity index (χ3n) is 4.61. The molecule has 0 aliphatic carbocycles. The minimum Gasteiger partial charge on any atom is -0.340 e. The maximum absolute atomic E-state index is 12.5. The second kappa shape index (κ2) is 8.64. The number of para-hydroxylation sites is 1. The van der Waals surface area contributed by atoms with E-state index < -0.39 is 0 Å². The fraction of sp³-hybridized carbons (Fsp3) is 0.273. The van der Waals surface area contributed by atoms with Crippen molar-refractivity contribution in [3.05, 3.63) is 83.7 Å². The molecule has 0 N–H and O–H groups in total. The second-order valence-electron chi connectivity index (χ2n) is 6.98. The smallest absolute Gasteiger partial charge is 0.236 e. The highest BCUT2D eigenvalue weighted by atomic mass is 16.2. The van der Waals surface area contributed by atoms with E-state index in [0.29, 0.717) is 19.6 Å². The zero-order chi connectivity index (χ0) is 19.2. The van der Waals surface area contributed by atoms with Crippen molar-refractivity contribution in [2.24, 2.45) is 0 Å². The summed E-state index contributed by atoms with van der Waals surface area (Å²) >= 11 is 0. The summed E-state index contributed by atoms with van der Waals surface area (Å²) < 4.78 is 1.86. The number of likely N-dealkylation sites (N-methyl/N-ethyl adjacent to an activating group) is 2. The number of aromatic nitrogens is 2. The Morgan fingerprint density at radius 2 is 1.70 bits per heavy atom. The van der Waals surface area contributed by atoms with E-state index in [1.165, 1.54) is 11.1 Å². The molecule has 5 heteroatoms. The second-order valence-corrected chi connectivity index (χ2v) is 6.98. The number of carbonyl (C=O) groups is 1. The molecule has 0 atom stereocenters. The van der Waals surface area contributed by atoms with Gasteiger partial charge in [-0.3, -0.25) is 9.69 Å². The molecule has 0 fully saturated rings. The van der Waals surface area contributed by atoms with Crippen LogP contribution in [0.2, 0.25) is 0 Å². The lowest BCUT2D eigenvalue weighted by Crippen LogP contribution is -2.36. The van der Waals surface area contributed by atoms with Gasteiger partial charge in [-0.1, -0.05) is 42.5 Å². The van der Waals surface area contributed by atoms with Crippen molar-refractivity contribution in [3.63, 3.8) is 0 Å². The summed E-state index contributed by atoms with van der Waals surface area (Å²) in [6.07, 6.45) is 3.86. The van der Waals surface area contributed by atoms with E-state index in [1.807, 2.05) is 78.5 Å². The summed E-state index contributed by atoms with van der Waals surface area (Å²) in [5.41, 5.74) is 4.50. The van der Waals surface area contributed by atoms with E-state index in [-0.39, 0.29) is 5.91 Å². The minimum absolute atomic E-state index is 0.108. The Bertz CT molecular complexity index is 888. The third kappa shape index (κ3) is 5.05. The molecule has 2 aromatic carbocycles. The molecule has 1 amide bonds. The lowest BCUT2D eigenvalue weighted by molar-refractivity contribution is -0.131. The minimum atomic E-state index is 0.108. The van der Waals surface area contributed by atoms with Gasteiger partial charge < -0.3 is 4.90 Å². The van der Waals surface area contributed by atoms with Crippen molar-refractivity contribution in [2.75, 3.05) is 20.6 Å². The van der Waals surface area contributed by atoms with Crippen molar-refractivity contribution in [2.45, 2.75) is 20.0 Å². The van der Waals surface area contributed by atoms with Gasteiger partial charge in [-0.2, -0.15) is 5.10 Å². The van der Waals surface area contributed by atoms with Crippen LogP contribution in [-0.2, 0) is 17.9 Å². The SMILES string of the molecule is Cc1ccccc1CN(C)C(=O)CN(C)Cc1cnn(-c2ccccc2)c1. The van der Waals surface area contributed by atoms with Gasteiger partial charge in [0, 0.05) is 31.9 Å². The molecule has 5 nitrogen and oxygen atoms in total. The van der Waals surface area contributed by atoms with E-state index in [9.17, 15) is 4.79 Å². The van der Waals surface area contributed by atoms with Crippen molar-refractivity contribution >= 4 is 5.91 Å². The van der Waals surface area contributed by atoms with Crippen LogP contribution in [0.4, 0.5) is 0 Å². The van der Waals surface area contributed by atoms with Crippen LogP contribution in [0.5, 0.6) is 0 Å². The zero-order valence-electron chi connectivity index (χ0n) is 16.2. The normalized spacial score (nSPS) is 11.0. The van der Waals surface area contributed by atoms with Crippen LogP contribution in [0.25, 0.3) is 5.69 Å². The quantitative estimate of drug-likeness (QED) is 0.648. The summed E-state index contributed by atoms with van der Waals surface area (Å²) in [5.74, 6) is 0.108. The van der Waals surface area contributed by atoms with Gasteiger partial charge >= 0.3 is 0 Å². The van der Waals surface area contributed by atoms with Gasteiger partial charge in [-0.05, 0) is 37.2 Å². The van der Waals surface area contributed by atoms with Crippen LogP contribution in [0.3, 0.4) is 0 Å². The molecule has 0 bridgehead atoms. The highest BCUT2D eigenvalue weighted by Crippen LogP contribution is 2.11. The fourth-order valence-electron chi connectivity index (χ4n) is 3.01. The van der Waals surface area contributed by atoms with Crippen molar-refractivity contribution < 1.29 is 4.79 Å². The highest BCUT2D eigenvalue weighted by molar-refractivity contribution is 5.78. The Morgan fingerprint density at radius 3 is 2.44 bits per heavy atom. The van der Waals surface area contributed by atoms with E-state index >= 15 is 0 Å². The standard InChI is InChI=1S/C22H26N4O/c1-18-9-7-8-10-20(18)16-25(3)22(27)17-24(2)14-19-13-23-26(15-19)21-11-5-4-6-12-21/h4-13,15H,14,16-17H2,1-3H3. The number of benzene rings is 2. The molecular formula is C22H26N4O. The largest absolute Gasteiger partial charge is 0.340 e. The Labute approximate surface area is 160 Å². The van der Waals surface area contributed by atoms with Gasteiger partial charge in [0.1, 0.15) is 0 Å². The topological polar surface area (TPSA) is 41.4 Å². The van der Waals surface area contributed by atoms with Gasteiger partial charge in [-0.25, -0.2) is 4.68 Å². The van der Waals surface area contributed by atoms with Crippen LogP contribution < -0.4 is 0 Å². The predicted octanol–water partition coefficient (Wildman–Crippen LogP) is 3.27. The first-order chi connectivity index (χ1) is 13.0. The van der Waals surface area contributed by atoms with Crippen molar-refractivity contribution in [1.82, 2.24) is 19.6 Å². The molecule has 140 valence electrons. The molecule has 0 unspecified atom stereocenters. The van der Waals surface area contributed by atoms with E-state index in [2.05, 4.69) is 24.2 Å². The Kier molecular flexibility index (Phi) is 6.04. The summed E-state index contributed by atoms with van der Waals surface area (Å²) in [6.45, 7) is 3.76. The van der Waals surface area contributed by atoms with Crippen LogP contribution in [0.15, 0.2) is 67.0 Å². The van der Waals surface area contributed by atoms with Gasteiger partial charge in [0.25, 0.3) is 0 Å². The van der Waals surface area contributed by atoms with E-state index in [0.717, 1.165) is 11.3 Å². The van der Waals surface area contributed by atoms with Gasteiger partial charge in [0.05, 0.1) is 18.4 Å². The van der Waals surface area contributed by atoms with Gasteiger partial charge in [0.15, 0.2) is 0 Å². The third-order valence-corrected chi connectivity index (χ3v) is 4.61. The average molecular weight is 362 g/mol. The van der Waals surface area contributed by atoms with E-state index in [1.54, 1.807) is 4.90 Å². The molecule has 1 aromatic heterocycles. The van der Waals surface area contributed by atoms with Crippen LogP contribution in [0.1, 0.15) is 16.7 Å². The lowest BCUT2D eigenvalue weighted by atomic mass is 10.1. The van der Waals surface area contributed by atoms with Crippen LogP contribution in [-0.4, -0.2) is 46.1 Å². The first-order valence-electron chi connectivity index (χ1n) is 9.09. The average Bonchev–Trinajstić information content (AvgIpc) is 3.12. The maximum atomic E-state index is 12.5. The highest BCUT2D eigenvalue weighted by Gasteiger charge is 2.14. The maximum Gasteiger partial charge on any atom is 0.236 e. The number of aryl methyl sites for hydroxylation is 1. The first-order valence-corrected chi connectivity index (χ1v) is 9.09. The fourth-order valence-corrected chi connectivity index (χ4v) is 3.01. The molecular weight excluding hydrogens is 336 g/mol. The van der Waals surface area contributed by atoms with Crippen LogP contribution >= 0.6 is 0 Å². The zero-order valence-corrected chi connectivity index (χ0v) is 16.2. The molecule has 0 aliphatic heterocycles. The summed E-state index contributed by atoms with van der Waals surface area (Å²) in [5, 5.41) is 4.41. The molecule has 1 heterocycles.